The molecule has 7 heteroatoms. The summed E-state index contributed by atoms with van der Waals surface area (Å²) in [5, 5.41) is 3.37. The van der Waals surface area contributed by atoms with Gasteiger partial charge in [0.2, 0.25) is 0 Å². The lowest BCUT2D eigenvalue weighted by molar-refractivity contribution is 0.202. The van der Waals surface area contributed by atoms with Crippen LogP contribution in [0.1, 0.15) is 25.7 Å². The summed E-state index contributed by atoms with van der Waals surface area (Å²) in [6, 6.07) is 0.160. The number of rotatable bonds is 6. The number of hydrogen-bond acceptors (Lipinski definition) is 4. The topological polar surface area (TPSA) is 70.7 Å². The van der Waals surface area contributed by atoms with Crippen molar-refractivity contribution < 1.29 is 13.2 Å². The Morgan fingerprint density at radius 3 is 2.89 bits per heavy atom. The van der Waals surface area contributed by atoms with Crippen LogP contribution in [0.15, 0.2) is 0 Å². The first-order chi connectivity index (χ1) is 9.15. The Bertz CT molecular complexity index is 368. The minimum Gasteiger partial charge on any atom is -0.383 e. The van der Waals surface area contributed by atoms with Crippen LogP contribution < -0.4 is 10.0 Å². The molecular weight excluding hydrogens is 266 g/mol. The van der Waals surface area contributed by atoms with Crippen LogP contribution in [0, 0.1) is 5.92 Å². The molecule has 0 aromatic heterocycles. The third kappa shape index (κ3) is 3.88. The Hall–Kier alpha value is -0.210. The molecule has 0 amide bonds. The summed E-state index contributed by atoms with van der Waals surface area (Å²) >= 11 is 0. The maximum absolute atomic E-state index is 12.3. The van der Waals surface area contributed by atoms with E-state index in [1.165, 1.54) is 0 Å². The zero-order valence-electron chi connectivity index (χ0n) is 11.6. The number of nitrogens with zero attached hydrogens (tertiary/aromatic N) is 1. The Morgan fingerprint density at radius 1 is 1.37 bits per heavy atom. The molecular formula is C12H25N3O3S. The Labute approximate surface area is 116 Å². The minimum absolute atomic E-state index is 0.160. The first kappa shape index (κ1) is 15.2. The summed E-state index contributed by atoms with van der Waals surface area (Å²) < 4.78 is 33.8. The van der Waals surface area contributed by atoms with Gasteiger partial charge < -0.3 is 10.1 Å². The number of nitrogens with one attached hydrogen (secondary N) is 2. The van der Waals surface area contributed by atoms with Gasteiger partial charge in [-0.1, -0.05) is 0 Å². The van der Waals surface area contributed by atoms with Gasteiger partial charge in [0.15, 0.2) is 0 Å². The summed E-state index contributed by atoms with van der Waals surface area (Å²) in [6.45, 7) is 3.38. The van der Waals surface area contributed by atoms with Crippen molar-refractivity contribution in [2.24, 2.45) is 5.92 Å². The van der Waals surface area contributed by atoms with Gasteiger partial charge in [-0.15, -0.1) is 0 Å². The van der Waals surface area contributed by atoms with Crippen molar-refractivity contribution in [2.75, 3.05) is 39.9 Å². The molecule has 0 aromatic rings. The average molecular weight is 291 g/mol. The summed E-state index contributed by atoms with van der Waals surface area (Å²) in [7, 11) is -1.79. The van der Waals surface area contributed by atoms with E-state index in [2.05, 4.69) is 10.0 Å². The van der Waals surface area contributed by atoms with Crippen LogP contribution >= 0.6 is 0 Å². The van der Waals surface area contributed by atoms with Crippen LogP contribution in [0.2, 0.25) is 0 Å². The van der Waals surface area contributed by atoms with Gasteiger partial charge in [0, 0.05) is 26.2 Å². The summed E-state index contributed by atoms with van der Waals surface area (Å²) in [6.07, 6.45) is 4.22. The van der Waals surface area contributed by atoms with Crippen LogP contribution in [0.3, 0.4) is 0 Å². The molecule has 0 aromatic carbocycles. The SMILES string of the molecule is COCCNS(=O)(=O)N1CCCC1C1CCCNC1. The molecule has 0 radical (unpaired) electrons. The molecule has 6 nitrogen and oxygen atoms in total. The molecule has 0 spiro atoms. The first-order valence-electron chi connectivity index (χ1n) is 7.11. The van der Waals surface area contributed by atoms with Gasteiger partial charge in [-0.25, -0.2) is 0 Å². The van der Waals surface area contributed by atoms with Crippen LogP contribution in [0.25, 0.3) is 0 Å². The van der Waals surface area contributed by atoms with Crippen molar-refractivity contribution >= 4 is 10.2 Å². The molecule has 2 fully saturated rings. The zero-order chi connectivity index (χ0) is 13.7. The summed E-state index contributed by atoms with van der Waals surface area (Å²) in [4.78, 5) is 0. The Balaban J connectivity index is 1.96. The number of piperidine rings is 1. The molecule has 0 aliphatic carbocycles. The van der Waals surface area contributed by atoms with Gasteiger partial charge >= 0.3 is 0 Å². The van der Waals surface area contributed by atoms with E-state index in [1.54, 1.807) is 11.4 Å². The lowest BCUT2D eigenvalue weighted by Gasteiger charge is -2.33. The highest BCUT2D eigenvalue weighted by Gasteiger charge is 2.38. The molecule has 19 heavy (non-hydrogen) atoms. The maximum atomic E-state index is 12.3. The van der Waals surface area contributed by atoms with Gasteiger partial charge in [-0.05, 0) is 44.7 Å². The second-order valence-corrected chi connectivity index (χ2v) is 7.03. The van der Waals surface area contributed by atoms with Crippen LogP contribution in [0.5, 0.6) is 0 Å². The van der Waals surface area contributed by atoms with Gasteiger partial charge in [-0.2, -0.15) is 17.4 Å². The molecule has 2 saturated heterocycles. The Kier molecular flexibility index (Phi) is 5.58. The molecule has 2 heterocycles. The lowest BCUT2D eigenvalue weighted by Crippen LogP contribution is -2.49. The Morgan fingerprint density at radius 2 is 2.21 bits per heavy atom. The van der Waals surface area contributed by atoms with E-state index in [0.717, 1.165) is 38.8 Å². The van der Waals surface area contributed by atoms with Crippen molar-refractivity contribution in [3.8, 4) is 0 Å². The fourth-order valence-corrected chi connectivity index (χ4v) is 4.61. The van der Waals surface area contributed by atoms with Crippen molar-refractivity contribution in [2.45, 2.75) is 31.7 Å². The molecule has 2 unspecified atom stereocenters. The van der Waals surface area contributed by atoms with Crippen molar-refractivity contribution in [1.29, 1.82) is 0 Å². The van der Waals surface area contributed by atoms with Gasteiger partial charge in [0.1, 0.15) is 0 Å². The first-order valence-corrected chi connectivity index (χ1v) is 8.55. The molecule has 2 N–H and O–H groups in total. The van der Waals surface area contributed by atoms with E-state index in [9.17, 15) is 8.42 Å². The predicted octanol–water partition coefficient (Wildman–Crippen LogP) is -0.0688. The highest BCUT2D eigenvalue weighted by Crippen LogP contribution is 2.29. The monoisotopic (exact) mass is 291 g/mol. The van der Waals surface area contributed by atoms with Crippen LogP contribution in [0.4, 0.5) is 0 Å². The van der Waals surface area contributed by atoms with E-state index in [1.807, 2.05) is 0 Å². The largest absolute Gasteiger partial charge is 0.383 e. The normalized spacial score (nSPS) is 29.7. The number of hydrogen-bond donors (Lipinski definition) is 2. The maximum Gasteiger partial charge on any atom is 0.279 e. The second kappa shape index (κ2) is 6.99. The average Bonchev–Trinajstić information content (AvgIpc) is 2.90. The molecule has 2 atom stereocenters. The van der Waals surface area contributed by atoms with E-state index < -0.39 is 10.2 Å². The molecule has 2 aliphatic heterocycles. The highest BCUT2D eigenvalue weighted by molar-refractivity contribution is 7.87. The number of methoxy groups -OCH3 is 1. The van der Waals surface area contributed by atoms with E-state index in [0.29, 0.717) is 25.6 Å². The second-order valence-electron chi connectivity index (χ2n) is 5.32. The van der Waals surface area contributed by atoms with Gasteiger partial charge in [-0.3, -0.25) is 0 Å². The fourth-order valence-electron chi connectivity index (χ4n) is 3.10. The molecule has 0 bridgehead atoms. The van der Waals surface area contributed by atoms with Crippen molar-refractivity contribution in [1.82, 2.24) is 14.3 Å². The molecule has 2 aliphatic rings. The summed E-state index contributed by atoms with van der Waals surface area (Å²) in [5.41, 5.74) is 0. The standard InChI is InChI=1S/C12H25N3O3S/c1-18-9-7-14-19(16,17)15-8-3-5-12(15)11-4-2-6-13-10-11/h11-14H,2-10H2,1H3. The third-order valence-electron chi connectivity index (χ3n) is 4.03. The van der Waals surface area contributed by atoms with E-state index in [-0.39, 0.29) is 6.04 Å². The molecule has 0 saturated carbocycles. The zero-order valence-corrected chi connectivity index (χ0v) is 12.4. The lowest BCUT2D eigenvalue weighted by atomic mass is 9.91. The van der Waals surface area contributed by atoms with E-state index in [4.69, 9.17) is 4.74 Å². The quantitative estimate of drug-likeness (QED) is 0.672. The molecule has 112 valence electrons. The third-order valence-corrected chi connectivity index (χ3v) is 5.67. The predicted molar refractivity (Wildman–Crippen MR) is 74.1 cm³/mol. The fraction of sp³-hybridized carbons (Fsp3) is 1.00. The van der Waals surface area contributed by atoms with Crippen LogP contribution in [-0.4, -0.2) is 58.7 Å². The van der Waals surface area contributed by atoms with Crippen LogP contribution in [-0.2, 0) is 14.9 Å². The van der Waals surface area contributed by atoms with Gasteiger partial charge in [0.05, 0.1) is 6.61 Å². The molecule has 2 rings (SSSR count). The van der Waals surface area contributed by atoms with Crippen molar-refractivity contribution in [3.05, 3.63) is 0 Å². The minimum atomic E-state index is -3.36. The highest BCUT2D eigenvalue weighted by atomic mass is 32.2. The van der Waals surface area contributed by atoms with Crippen molar-refractivity contribution in [3.63, 3.8) is 0 Å². The van der Waals surface area contributed by atoms with Gasteiger partial charge in [0.25, 0.3) is 10.2 Å². The summed E-state index contributed by atoms with van der Waals surface area (Å²) in [5.74, 6) is 0.454. The number of ether oxygens (including phenoxy) is 1. The smallest absolute Gasteiger partial charge is 0.279 e. The van der Waals surface area contributed by atoms with E-state index >= 15 is 0 Å².